The van der Waals surface area contributed by atoms with E-state index in [1.165, 1.54) is 5.56 Å². The second-order valence-corrected chi connectivity index (χ2v) is 6.49. The van der Waals surface area contributed by atoms with Crippen molar-refractivity contribution in [1.29, 1.82) is 0 Å². The molecule has 0 amide bonds. The first-order valence-electron chi connectivity index (χ1n) is 7.73. The molecule has 1 aliphatic rings. The van der Waals surface area contributed by atoms with Gasteiger partial charge in [0.1, 0.15) is 5.75 Å². The maximum atomic E-state index is 10.8. The van der Waals surface area contributed by atoms with Gasteiger partial charge >= 0.3 is 5.97 Å². The van der Waals surface area contributed by atoms with Crippen LogP contribution in [0.4, 0.5) is 0 Å². The van der Waals surface area contributed by atoms with Crippen LogP contribution in [0.2, 0.25) is 5.02 Å². The fraction of sp³-hybridized carbons (Fsp3) is 0.316. The number of aliphatic carboxylic acids is 1. The predicted octanol–water partition coefficient (Wildman–Crippen LogP) is 4.67. The minimum absolute atomic E-state index is 0.117. The predicted molar refractivity (Wildman–Crippen MR) is 91.0 cm³/mol. The molecule has 1 fully saturated rings. The van der Waals surface area contributed by atoms with Gasteiger partial charge in [0.05, 0.1) is 13.0 Å². The van der Waals surface area contributed by atoms with Crippen molar-refractivity contribution in [1.82, 2.24) is 0 Å². The van der Waals surface area contributed by atoms with E-state index in [4.69, 9.17) is 21.4 Å². The summed E-state index contributed by atoms with van der Waals surface area (Å²) in [6.45, 7) is 0. The molecule has 0 heterocycles. The number of benzene rings is 2. The van der Waals surface area contributed by atoms with Gasteiger partial charge in [-0.05, 0) is 60.1 Å². The van der Waals surface area contributed by atoms with E-state index in [1.54, 1.807) is 13.2 Å². The Labute approximate surface area is 140 Å². The summed E-state index contributed by atoms with van der Waals surface area (Å²) in [5.41, 5.74) is 3.34. The number of carboxylic acid groups (broad SMARTS) is 1. The largest absolute Gasteiger partial charge is 0.497 e. The highest BCUT2D eigenvalue weighted by atomic mass is 35.5. The summed E-state index contributed by atoms with van der Waals surface area (Å²) in [6.07, 6.45) is 2.70. The van der Waals surface area contributed by atoms with Crippen LogP contribution in [0.25, 0.3) is 11.1 Å². The van der Waals surface area contributed by atoms with E-state index in [2.05, 4.69) is 24.3 Å². The summed E-state index contributed by atoms with van der Waals surface area (Å²) in [6, 6.07) is 14.0. The van der Waals surface area contributed by atoms with Crippen LogP contribution in [0, 0.1) is 11.8 Å². The molecule has 120 valence electrons. The Morgan fingerprint density at radius 1 is 1.22 bits per heavy atom. The highest BCUT2D eigenvalue weighted by Gasteiger charge is 2.42. The van der Waals surface area contributed by atoms with Crippen LogP contribution in [0.15, 0.2) is 42.5 Å². The number of hydrogen-bond donors (Lipinski definition) is 1. The SMILES string of the molecule is COc1cc(Cl)cc(-c2ccc(CC[C@@H]3C[C@H]3C(=O)O)cc2)c1. The molecule has 23 heavy (non-hydrogen) atoms. The molecular weight excluding hydrogens is 312 g/mol. The third kappa shape index (κ3) is 3.85. The lowest BCUT2D eigenvalue weighted by atomic mass is 10.0. The Morgan fingerprint density at radius 2 is 1.96 bits per heavy atom. The summed E-state index contributed by atoms with van der Waals surface area (Å²) in [5.74, 6) is 0.322. The highest BCUT2D eigenvalue weighted by Crippen LogP contribution is 2.42. The van der Waals surface area contributed by atoms with E-state index in [9.17, 15) is 4.79 Å². The fourth-order valence-corrected chi connectivity index (χ4v) is 3.16. The highest BCUT2D eigenvalue weighted by molar-refractivity contribution is 6.31. The molecule has 4 heteroatoms. The first kappa shape index (κ1) is 15.9. The summed E-state index contributed by atoms with van der Waals surface area (Å²) in [7, 11) is 1.63. The summed E-state index contributed by atoms with van der Waals surface area (Å²) in [5, 5.41) is 9.58. The van der Waals surface area contributed by atoms with Crippen molar-refractivity contribution < 1.29 is 14.6 Å². The zero-order chi connectivity index (χ0) is 16.4. The van der Waals surface area contributed by atoms with Gasteiger partial charge in [0.25, 0.3) is 0 Å². The molecule has 1 aliphatic carbocycles. The van der Waals surface area contributed by atoms with Crippen molar-refractivity contribution in [2.45, 2.75) is 19.3 Å². The zero-order valence-corrected chi connectivity index (χ0v) is 13.7. The molecule has 0 radical (unpaired) electrons. The van der Waals surface area contributed by atoms with Crippen LogP contribution >= 0.6 is 11.6 Å². The van der Waals surface area contributed by atoms with E-state index >= 15 is 0 Å². The Kier molecular flexibility index (Phi) is 4.58. The van der Waals surface area contributed by atoms with Crippen molar-refractivity contribution >= 4 is 17.6 Å². The molecule has 0 aliphatic heterocycles. The molecule has 2 aromatic carbocycles. The number of rotatable bonds is 6. The van der Waals surface area contributed by atoms with E-state index in [0.717, 1.165) is 36.1 Å². The molecular formula is C19H19ClO3. The van der Waals surface area contributed by atoms with Crippen LogP contribution in [0.3, 0.4) is 0 Å². The van der Waals surface area contributed by atoms with Gasteiger partial charge in [0, 0.05) is 5.02 Å². The van der Waals surface area contributed by atoms with E-state index in [0.29, 0.717) is 10.9 Å². The van der Waals surface area contributed by atoms with E-state index < -0.39 is 5.97 Å². The number of aryl methyl sites for hydroxylation is 1. The molecule has 0 unspecified atom stereocenters. The first-order valence-corrected chi connectivity index (χ1v) is 8.11. The van der Waals surface area contributed by atoms with Crippen molar-refractivity contribution in [3.63, 3.8) is 0 Å². The molecule has 0 saturated heterocycles. The Bertz CT molecular complexity index is 709. The second-order valence-electron chi connectivity index (χ2n) is 6.06. The van der Waals surface area contributed by atoms with Crippen LogP contribution in [0.5, 0.6) is 5.75 Å². The molecule has 3 rings (SSSR count). The van der Waals surface area contributed by atoms with Gasteiger partial charge in [-0.3, -0.25) is 4.79 Å². The standard InChI is InChI=1S/C19H19ClO3/c1-23-17-9-15(8-16(20)11-17)13-5-2-12(3-6-13)4-7-14-10-18(14)19(21)22/h2-3,5-6,8-9,11,14,18H,4,7,10H2,1H3,(H,21,22)/t14-,18-/m1/s1. The molecule has 3 nitrogen and oxygen atoms in total. The van der Waals surface area contributed by atoms with Crippen LogP contribution in [0.1, 0.15) is 18.4 Å². The summed E-state index contributed by atoms with van der Waals surface area (Å²) in [4.78, 5) is 10.8. The van der Waals surface area contributed by atoms with Gasteiger partial charge in [-0.1, -0.05) is 35.9 Å². The Morgan fingerprint density at radius 3 is 2.57 bits per heavy atom. The lowest BCUT2D eigenvalue weighted by molar-refractivity contribution is -0.138. The average molecular weight is 331 g/mol. The molecule has 2 aromatic rings. The molecule has 1 N–H and O–H groups in total. The quantitative estimate of drug-likeness (QED) is 0.837. The van der Waals surface area contributed by atoms with Gasteiger partial charge in [-0.15, -0.1) is 0 Å². The Hall–Kier alpha value is -2.00. The number of hydrogen-bond acceptors (Lipinski definition) is 2. The third-order valence-electron chi connectivity index (χ3n) is 4.44. The van der Waals surface area contributed by atoms with Crippen LogP contribution < -0.4 is 4.74 Å². The molecule has 0 spiro atoms. The summed E-state index contributed by atoms with van der Waals surface area (Å²) < 4.78 is 5.25. The van der Waals surface area contributed by atoms with E-state index in [1.807, 2.05) is 12.1 Å². The zero-order valence-electron chi connectivity index (χ0n) is 13.0. The number of carboxylic acids is 1. The van der Waals surface area contributed by atoms with Crippen molar-refractivity contribution in [3.05, 3.63) is 53.1 Å². The number of halogens is 1. The maximum Gasteiger partial charge on any atom is 0.306 e. The number of methoxy groups -OCH3 is 1. The normalized spacial score (nSPS) is 19.4. The Balaban J connectivity index is 1.65. The minimum atomic E-state index is -0.653. The van der Waals surface area contributed by atoms with Crippen molar-refractivity contribution in [3.8, 4) is 16.9 Å². The molecule has 2 atom stereocenters. The van der Waals surface area contributed by atoms with E-state index in [-0.39, 0.29) is 5.92 Å². The van der Waals surface area contributed by atoms with Gasteiger partial charge in [-0.25, -0.2) is 0 Å². The minimum Gasteiger partial charge on any atom is -0.497 e. The topological polar surface area (TPSA) is 46.5 Å². The van der Waals surface area contributed by atoms with Crippen molar-refractivity contribution in [2.75, 3.05) is 7.11 Å². The molecule has 1 saturated carbocycles. The molecule has 0 bridgehead atoms. The fourth-order valence-electron chi connectivity index (χ4n) is 2.93. The van der Waals surface area contributed by atoms with Gasteiger partial charge in [0.2, 0.25) is 0 Å². The van der Waals surface area contributed by atoms with Gasteiger partial charge in [-0.2, -0.15) is 0 Å². The van der Waals surface area contributed by atoms with Gasteiger partial charge < -0.3 is 9.84 Å². The first-order chi connectivity index (χ1) is 11.1. The third-order valence-corrected chi connectivity index (χ3v) is 4.66. The lowest BCUT2D eigenvalue weighted by Gasteiger charge is -2.07. The number of carbonyl (C=O) groups is 1. The lowest BCUT2D eigenvalue weighted by Crippen LogP contribution is -2.00. The van der Waals surface area contributed by atoms with Crippen LogP contribution in [-0.2, 0) is 11.2 Å². The monoisotopic (exact) mass is 330 g/mol. The van der Waals surface area contributed by atoms with Crippen molar-refractivity contribution in [2.24, 2.45) is 11.8 Å². The smallest absolute Gasteiger partial charge is 0.306 e. The second kappa shape index (κ2) is 6.63. The molecule has 0 aromatic heterocycles. The average Bonchev–Trinajstić information content (AvgIpc) is 3.33. The maximum absolute atomic E-state index is 10.8. The summed E-state index contributed by atoms with van der Waals surface area (Å²) >= 11 is 6.11. The number of ether oxygens (including phenoxy) is 1. The van der Waals surface area contributed by atoms with Gasteiger partial charge in [0.15, 0.2) is 0 Å². The van der Waals surface area contributed by atoms with Crippen LogP contribution in [-0.4, -0.2) is 18.2 Å².